The monoisotopic (exact) mass is 209 g/mol. The van der Waals surface area contributed by atoms with E-state index in [9.17, 15) is 0 Å². The van der Waals surface area contributed by atoms with Crippen LogP contribution in [0.2, 0.25) is 0 Å². The fourth-order valence-corrected chi connectivity index (χ4v) is 1.68. The van der Waals surface area contributed by atoms with Gasteiger partial charge >= 0.3 is 0 Å². The van der Waals surface area contributed by atoms with Crippen molar-refractivity contribution in [3.8, 4) is 0 Å². The highest BCUT2D eigenvalue weighted by Gasteiger charge is 2.01. The lowest BCUT2D eigenvalue weighted by molar-refractivity contribution is 1.04. The summed E-state index contributed by atoms with van der Waals surface area (Å²) in [6, 6.07) is 1.82. The van der Waals surface area contributed by atoms with Gasteiger partial charge < -0.3 is 11.1 Å². The minimum Gasteiger partial charge on any atom is -0.383 e. The number of rotatable bonds is 3. The van der Waals surface area contributed by atoms with E-state index in [0.717, 1.165) is 22.8 Å². The van der Waals surface area contributed by atoms with Crippen LogP contribution in [0.25, 0.3) is 0 Å². The number of nitrogen functional groups attached to an aromatic ring is 1. The molecule has 14 heavy (non-hydrogen) atoms. The summed E-state index contributed by atoms with van der Waals surface area (Å²) >= 11 is 1.36. The topological polar surface area (TPSA) is 79.6 Å². The van der Waals surface area contributed by atoms with E-state index in [2.05, 4.69) is 19.9 Å². The van der Waals surface area contributed by atoms with Crippen molar-refractivity contribution in [2.45, 2.75) is 13.5 Å². The maximum Gasteiger partial charge on any atom is 0.139 e. The van der Waals surface area contributed by atoms with Crippen molar-refractivity contribution in [1.29, 1.82) is 0 Å². The van der Waals surface area contributed by atoms with Crippen molar-refractivity contribution in [2.24, 2.45) is 0 Å². The van der Waals surface area contributed by atoms with Crippen molar-refractivity contribution in [2.75, 3.05) is 11.1 Å². The average molecular weight is 209 g/mol. The summed E-state index contributed by atoms with van der Waals surface area (Å²) in [6.07, 6.45) is 1.81. The largest absolute Gasteiger partial charge is 0.383 e. The van der Waals surface area contributed by atoms with Gasteiger partial charge in [0.15, 0.2) is 0 Å². The lowest BCUT2D eigenvalue weighted by Gasteiger charge is -2.00. The van der Waals surface area contributed by atoms with Crippen LogP contribution in [0.1, 0.15) is 11.3 Å². The van der Waals surface area contributed by atoms with Gasteiger partial charge in [0.05, 0.1) is 6.20 Å². The van der Waals surface area contributed by atoms with Gasteiger partial charge in [0.1, 0.15) is 10.8 Å². The number of hydrogen-bond donors (Lipinski definition) is 3. The SMILES string of the molecule is Cc1[nH]ncc1CNc1cc(N)ns1. The third-order valence-corrected chi connectivity index (χ3v) is 2.68. The van der Waals surface area contributed by atoms with Gasteiger partial charge in [-0.1, -0.05) is 0 Å². The molecule has 0 spiro atoms. The van der Waals surface area contributed by atoms with Crippen LogP contribution in [0.4, 0.5) is 10.8 Å². The van der Waals surface area contributed by atoms with Crippen molar-refractivity contribution in [3.63, 3.8) is 0 Å². The quantitative estimate of drug-likeness (QED) is 0.713. The Bertz CT molecular complexity index is 419. The Morgan fingerprint density at radius 3 is 3.07 bits per heavy atom. The highest BCUT2D eigenvalue weighted by atomic mass is 32.1. The molecule has 0 radical (unpaired) electrons. The summed E-state index contributed by atoms with van der Waals surface area (Å²) in [6.45, 7) is 2.73. The zero-order chi connectivity index (χ0) is 9.97. The Morgan fingerprint density at radius 1 is 1.64 bits per heavy atom. The number of nitrogens with one attached hydrogen (secondary N) is 2. The van der Waals surface area contributed by atoms with E-state index in [4.69, 9.17) is 5.73 Å². The van der Waals surface area contributed by atoms with Crippen LogP contribution in [-0.4, -0.2) is 14.6 Å². The smallest absolute Gasteiger partial charge is 0.139 e. The van der Waals surface area contributed by atoms with Crippen LogP contribution in [0.5, 0.6) is 0 Å². The van der Waals surface area contributed by atoms with Gasteiger partial charge in [-0.2, -0.15) is 9.47 Å². The lowest BCUT2D eigenvalue weighted by Crippen LogP contribution is -1.97. The molecule has 0 fully saturated rings. The molecule has 74 valence electrons. The number of hydrogen-bond acceptors (Lipinski definition) is 5. The molecule has 0 unspecified atom stereocenters. The third-order valence-electron chi connectivity index (χ3n) is 1.92. The van der Waals surface area contributed by atoms with Crippen molar-refractivity contribution < 1.29 is 0 Å². The second-order valence-corrected chi connectivity index (χ2v) is 3.79. The molecular weight excluding hydrogens is 198 g/mol. The average Bonchev–Trinajstić information content (AvgIpc) is 2.72. The van der Waals surface area contributed by atoms with Crippen LogP contribution in [0.3, 0.4) is 0 Å². The van der Waals surface area contributed by atoms with Crippen LogP contribution in [0.15, 0.2) is 12.3 Å². The first-order chi connectivity index (χ1) is 6.75. The Labute approximate surface area is 85.5 Å². The molecule has 0 aliphatic rings. The number of nitrogens with zero attached hydrogens (tertiary/aromatic N) is 2. The van der Waals surface area contributed by atoms with Crippen LogP contribution >= 0.6 is 11.5 Å². The molecule has 0 saturated heterocycles. The fraction of sp³-hybridized carbons (Fsp3) is 0.250. The molecule has 2 heterocycles. The molecule has 0 amide bonds. The van der Waals surface area contributed by atoms with Gasteiger partial charge in [0, 0.05) is 23.9 Å². The normalized spacial score (nSPS) is 10.4. The fourth-order valence-electron chi connectivity index (χ4n) is 1.11. The van der Waals surface area contributed by atoms with Gasteiger partial charge in [-0.3, -0.25) is 5.10 Å². The zero-order valence-electron chi connectivity index (χ0n) is 7.74. The van der Waals surface area contributed by atoms with E-state index >= 15 is 0 Å². The van der Waals surface area contributed by atoms with Crippen molar-refractivity contribution >= 4 is 22.4 Å². The summed E-state index contributed by atoms with van der Waals surface area (Å²) in [7, 11) is 0. The first-order valence-electron chi connectivity index (χ1n) is 4.20. The van der Waals surface area contributed by atoms with Crippen LogP contribution in [-0.2, 0) is 6.54 Å². The molecule has 5 nitrogen and oxygen atoms in total. The minimum atomic E-state index is 0.557. The van der Waals surface area contributed by atoms with Crippen molar-refractivity contribution in [3.05, 3.63) is 23.5 Å². The second-order valence-electron chi connectivity index (χ2n) is 2.99. The molecule has 0 atom stereocenters. The molecule has 2 aromatic heterocycles. The number of aryl methyl sites for hydroxylation is 1. The van der Waals surface area contributed by atoms with Crippen LogP contribution in [0, 0.1) is 6.92 Å². The van der Waals surface area contributed by atoms with E-state index in [-0.39, 0.29) is 0 Å². The Kier molecular flexibility index (Phi) is 2.36. The van der Waals surface area contributed by atoms with Gasteiger partial charge in [-0.25, -0.2) is 0 Å². The number of nitrogens with two attached hydrogens (primary N) is 1. The Hall–Kier alpha value is -1.56. The maximum absolute atomic E-state index is 5.50. The molecule has 0 aliphatic heterocycles. The number of aromatic amines is 1. The van der Waals surface area contributed by atoms with E-state index in [1.165, 1.54) is 11.5 Å². The highest BCUT2D eigenvalue weighted by Crippen LogP contribution is 2.18. The minimum absolute atomic E-state index is 0.557. The van der Waals surface area contributed by atoms with E-state index in [1.54, 1.807) is 0 Å². The number of H-pyrrole nitrogens is 1. The molecule has 4 N–H and O–H groups in total. The maximum atomic E-state index is 5.50. The number of anilines is 2. The van der Waals surface area contributed by atoms with E-state index in [0.29, 0.717) is 5.82 Å². The second kappa shape index (κ2) is 3.67. The molecule has 2 rings (SSSR count). The van der Waals surface area contributed by atoms with E-state index in [1.807, 2.05) is 19.2 Å². The zero-order valence-corrected chi connectivity index (χ0v) is 8.56. The predicted octanol–water partition coefficient (Wildman–Crippen LogP) is 1.37. The summed E-state index contributed by atoms with van der Waals surface area (Å²) in [5.41, 5.74) is 7.73. The number of aromatic nitrogens is 3. The molecule has 6 heteroatoms. The third kappa shape index (κ3) is 1.85. The molecule has 0 aliphatic carbocycles. The van der Waals surface area contributed by atoms with E-state index < -0.39 is 0 Å². The Balaban J connectivity index is 1.98. The highest BCUT2D eigenvalue weighted by molar-refractivity contribution is 7.10. The summed E-state index contributed by atoms with van der Waals surface area (Å²) in [5.74, 6) is 0.557. The molecular formula is C8H11N5S. The van der Waals surface area contributed by atoms with Gasteiger partial charge in [0.2, 0.25) is 0 Å². The predicted molar refractivity (Wildman–Crippen MR) is 57.2 cm³/mol. The molecule has 0 bridgehead atoms. The van der Waals surface area contributed by atoms with Crippen LogP contribution < -0.4 is 11.1 Å². The summed E-state index contributed by atoms with van der Waals surface area (Å²) < 4.78 is 3.97. The lowest BCUT2D eigenvalue weighted by atomic mass is 10.3. The molecule has 0 aromatic carbocycles. The molecule has 0 saturated carbocycles. The summed E-state index contributed by atoms with van der Waals surface area (Å²) in [4.78, 5) is 0. The first kappa shape index (κ1) is 9.01. The van der Waals surface area contributed by atoms with Gasteiger partial charge in [0.25, 0.3) is 0 Å². The first-order valence-corrected chi connectivity index (χ1v) is 4.98. The van der Waals surface area contributed by atoms with Gasteiger partial charge in [-0.15, -0.1) is 0 Å². The summed E-state index contributed by atoms with van der Waals surface area (Å²) in [5, 5.41) is 11.0. The standard InChI is InChI=1S/C8H11N5S/c1-5-6(4-11-12-5)3-10-8-2-7(9)13-14-8/h2,4,10H,3H2,1H3,(H2,9,13)(H,11,12). The van der Waals surface area contributed by atoms with Gasteiger partial charge in [-0.05, 0) is 18.5 Å². The molecule has 2 aromatic rings. The van der Waals surface area contributed by atoms with Crippen molar-refractivity contribution in [1.82, 2.24) is 14.6 Å². The Morgan fingerprint density at radius 2 is 2.50 bits per heavy atom.